The Labute approximate surface area is 104 Å². The highest BCUT2D eigenvalue weighted by Gasteiger charge is 2.21. The lowest BCUT2D eigenvalue weighted by Gasteiger charge is -2.21. The smallest absolute Gasteiger partial charge is 0.0950 e. The Kier molecular flexibility index (Phi) is 4.18. The van der Waals surface area contributed by atoms with Gasteiger partial charge in [-0.1, -0.05) is 0 Å². The van der Waals surface area contributed by atoms with Crippen molar-refractivity contribution in [3.63, 3.8) is 0 Å². The number of nitrogens with one attached hydrogen (secondary N) is 1. The zero-order valence-electron chi connectivity index (χ0n) is 11.2. The average Bonchev–Trinajstić information content (AvgIpc) is 2.94. The summed E-state index contributed by atoms with van der Waals surface area (Å²) in [5, 5.41) is 3.43. The SMILES string of the molecule is CC(CCN(C)C)n1cncc1C1CCNC1. The van der Waals surface area contributed by atoms with E-state index in [1.54, 1.807) is 0 Å². The molecule has 2 heterocycles. The van der Waals surface area contributed by atoms with Crippen molar-refractivity contribution in [1.82, 2.24) is 19.8 Å². The Morgan fingerprint density at radius 2 is 2.41 bits per heavy atom. The molecule has 2 atom stereocenters. The molecule has 0 bridgehead atoms. The fourth-order valence-electron chi connectivity index (χ4n) is 2.49. The van der Waals surface area contributed by atoms with E-state index in [9.17, 15) is 0 Å². The highest BCUT2D eigenvalue weighted by molar-refractivity contribution is 5.10. The van der Waals surface area contributed by atoms with Crippen molar-refractivity contribution >= 4 is 0 Å². The van der Waals surface area contributed by atoms with Crippen LogP contribution in [0.25, 0.3) is 0 Å². The summed E-state index contributed by atoms with van der Waals surface area (Å²) in [6.07, 6.45) is 6.46. The molecule has 1 aliphatic rings. The van der Waals surface area contributed by atoms with Crippen LogP contribution in [0.1, 0.15) is 37.4 Å². The molecule has 1 aliphatic heterocycles. The number of hydrogen-bond acceptors (Lipinski definition) is 3. The maximum absolute atomic E-state index is 4.34. The van der Waals surface area contributed by atoms with Crippen LogP contribution in [0.2, 0.25) is 0 Å². The first-order valence-corrected chi connectivity index (χ1v) is 6.55. The molecule has 0 saturated carbocycles. The third-order valence-electron chi connectivity index (χ3n) is 3.64. The summed E-state index contributed by atoms with van der Waals surface area (Å²) in [7, 11) is 4.25. The molecule has 1 saturated heterocycles. The van der Waals surface area contributed by atoms with Gasteiger partial charge in [0, 0.05) is 30.4 Å². The predicted octanol–water partition coefficient (Wildman–Crippen LogP) is 1.47. The van der Waals surface area contributed by atoms with Gasteiger partial charge in [-0.2, -0.15) is 0 Å². The summed E-state index contributed by atoms with van der Waals surface area (Å²) < 4.78 is 2.36. The van der Waals surface area contributed by atoms with Crippen LogP contribution in [0.3, 0.4) is 0 Å². The second kappa shape index (κ2) is 5.65. The molecule has 0 aliphatic carbocycles. The molecule has 96 valence electrons. The minimum absolute atomic E-state index is 0.537. The first-order chi connectivity index (χ1) is 8.18. The number of aromatic nitrogens is 2. The molecule has 0 aromatic carbocycles. The zero-order valence-corrected chi connectivity index (χ0v) is 11.2. The van der Waals surface area contributed by atoms with E-state index in [1.165, 1.54) is 18.5 Å². The Morgan fingerprint density at radius 3 is 3.06 bits per heavy atom. The Balaban J connectivity index is 2.02. The summed E-state index contributed by atoms with van der Waals surface area (Å²) in [5.74, 6) is 0.652. The number of hydrogen-bond donors (Lipinski definition) is 1. The van der Waals surface area contributed by atoms with Crippen molar-refractivity contribution in [3.05, 3.63) is 18.2 Å². The number of rotatable bonds is 5. The standard InChI is InChI=1S/C13H24N4/c1-11(5-7-16(2)3)17-10-15-9-13(17)12-4-6-14-8-12/h9-12,14H,4-8H2,1-3H3. The van der Waals surface area contributed by atoms with Crippen LogP contribution in [0.4, 0.5) is 0 Å². The Bertz CT molecular complexity index is 339. The largest absolute Gasteiger partial charge is 0.331 e. The molecule has 0 radical (unpaired) electrons. The quantitative estimate of drug-likeness (QED) is 0.840. The van der Waals surface area contributed by atoms with Gasteiger partial charge in [-0.25, -0.2) is 4.98 Å². The van der Waals surface area contributed by atoms with Crippen molar-refractivity contribution < 1.29 is 0 Å². The van der Waals surface area contributed by atoms with Gasteiger partial charge in [-0.15, -0.1) is 0 Å². The monoisotopic (exact) mass is 236 g/mol. The van der Waals surface area contributed by atoms with Gasteiger partial charge in [0.15, 0.2) is 0 Å². The van der Waals surface area contributed by atoms with E-state index in [4.69, 9.17) is 0 Å². The minimum Gasteiger partial charge on any atom is -0.331 e. The van der Waals surface area contributed by atoms with Gasteiger partial charge in [0.05, 0.1) is 6.33 Å². The summed E-state index contributed by atoms with van der Waals surface area (Å²) in [4.78, 5) is 6.58. The van der Waals surface area contributed by atoms with E-state index in [1.807, 2.05) is 12.5 Å². The third kappa shape index (κ3) is 3.07. The first kappa shape index (κ1) is 12.6. The van der Waals surface area contributed by atoms with Gasteiger partial charge >= 0.3 is 0 Å². The molecule has 4 nitrogen and oxygen atoms in total. The third-order valence-corrected chi connectivity index (χ3v) is 3.64. The first-order valence-electron chi connectivity index (χ1n) is 6.55. The lowest BCUT2D eigenvalue weighted by Crippen LogP contribution is -2.19. The summed E-state index contributed by atoms with van der Waals surface area (Å²) >= 11 is 0. The van der Waals surface area contributed by atoms with E-state index < -0.39 is 0 Å². The molecule has 4 heteroatoms. The molecule has 2 rings (SSSR count). The van der Waals surface area contributed by atoms with Gasteiger partial charge in [0.1, 0.15) is 0 Å². The topological polar surface area (TPSA) is 33.1 Å². The summed E-state index contributed by atoms with van der Waals surface area (Å²) in [6.45, 7) is 5.66. The number of nitrogens with zero attached hydrogens (tertiary/aromatic N) is 3. The summed E-state index contributed by atoms with van der Waals surface area (Å²) in [5.41, 5.74) is 1.40. The van der Waals surface area contributed by atoms with Gasteiger partial charge in [-0.3, -0.25) is 0 Å². The van der Waals surface area contributed by atoms with E-state index in [2.05, 4.69) is 40.8 Å². The fraction of sp³-hybridized carbons (Fsp3) is 0.769. The zero-order chi connectivity index (χ0) is 12.3. The van der Waals surface area contributed by atoms with E-state index in [0.717, 1.165) is 19.6 Å². The Hall–Kier alpha value is -0.870. The lowest BCUT2D eigenvalue weighted by atomic mass is 10.0. The second-order valence-electron chi connectivity index (χ2n) is 5.36. The maximum atomic E-state index is 4.34. The highest BCUT2D eigenvalue weighted by atomic mass is 15.1. The van der Waals surface area contributed by atoms with Crippen molar-refractivity contribution in [2.75, 3.05) is 33.7 Å². The van der Waals surface area contributed by atoms with Crippen LogP contribution >= 0.6 is 0 Å². The molecule has 1 aromatic rings. The second-order valence-corrected chi connectivity index (χ2v) is 5.36. The van der Waals surface area contributed by atoms with Crippen molar-refractivity contribution in [1.29, 1.82) is 0 Å². The van der Waals surface area contributed by atoms with Crippen LogP contribution < -0.4 is 5.32 Å². The molecule has 0 amide bonds. The highest BCUT2D eigenvalue weighted by Crippen LogP contribution is 2.25. The molecular formula is C13H24N4. The van der Waals surface area contributed by atoms with Crippen molar-refractivity contribution in [2.24, 2.45) is 0 Å². The van der Waals surface area contributed by atoms with Crippen LogP contribution in [-0.4, -0.2) is 48.2 Å². The maximum Gasteiger partial charge on any atom is 0.0950 e. The molecule has 0 spiro atoms. The van der Waals surface area contributed by atoms with Gasteiger partial charge in [0.2, 0.25) is 0 Å². The molecule has 17 heavy (non-hydrogen) atoms. The normalized spacial score (nSPS) is 22.2. The minimum atomic E-state index is 0.537. The van der Waals surface area contributed by atoms with Crippen molar-refractivity contribution in [3.8, 4) is 0 Å². The van der Waals surface area contributed by atoms with Crippen LogP contribution in [0.15, 0.2) is 12.5 Å². The van der Waals surface area contributed by atoms with Crippen LogP contribution in [0, 0.1) is 0 Å². The Morgan fingerprint density at radius 1 is 1.59 bits per heavy atom. The predicted molar refractivity (Wildman–Crippen MR) is 70.3 cm³/mol. The van der Waals surface area contributed by atoms with Crippen LogP contribution in [-0.2, 0) is 0 Å². The summed E-state index contributed by atoms with van der Waals surface area (Å²) in [6, 6.07) is 0.537. The van der Waals surface area contributed by atoms with Crippen molar-refractivity contribution in [2.45, 2.75) is 31.7 Å². The van der Waals surface area contributed by atoms with Gasteiger partial charge < -0.3 is 14.8 Å². The molecule has 1 aromatic heterocycles. The van der Waals surface area contributed by atoms with E-state index in [0.29, 0.717) is 12.0 Å². The van der Waals surface area contributed by atoms with E-state index >= 15 is 0 Å². The molecule has 1 fully saturated rings. The van der Waals surface area contributed by atoms with E-state index in [-0.39, 0.29) is 0 Å². The van der Waals surface area contributed by atoms with Gasteiger partial charge in [-0.05, 0) is 47.0 Å². The fourth-order valence-corrected chi connectivity index (χ4v) is 2.49. The molecule has 1 N–H and O–H groups in total. The molecular weight excluding hydrogens is 212 g/mol. The number of imidazole rings is 1. The van der Waals surface area contributed by atoms with Crippen LogP contribution in [0.5, 0.6) is 0 Å². The average molecular weight is 236 g/mol. The van der Waals surface area contributed by atoms with Gasteiger partial charge in [0.25, 0.3) is 0 Å². The molecule has 2 unspecified atom stereocenters. The lowest BCUT2D eigenvalue weighted by molar-refractivity contribution is 0.353.